The van der Waals surface area contributed by atoms with Gasteiger partial charge in [-0.2, -0.15) is 0 Å². The van der Waals surface area contributed by atoms with Gasteiger partial charge in [-0.3, -0.25) is 24.1 Å². The van der Waals surface area contributed by atoms with E-state index in [1.807, 2.05) is 53.8 Å². The molecule has 0 spiro atoms. The van der Waals surface area contributed by atoms with Crippen LogP contribution >= 0.6 is 11.8 Å². The molecule has 7 rings (SSSR count). The maximum Gasteiger partial charge on any atom is 0.353 e. The Hall–Kier alpha value is -3.57. The predicted octanol–water partition coefficient (Wildman–Crippen LogP) is 6.16. The highest BCUT2D eigenvalue weighted by atomic mass is 32.2. The zero-order valence-corrected chi connectivity index (χ0v) is 53.1. The number of fused-ring (bicyclic) bond motifs is 4. The molecular weight excluding hydrogens is 1100 g/mol. The smallest absolute Gasteiger partial charge is 0.353 e. The monoisotopic (exact) mass is 1200 g/mol. The molecule has 474 valence electrons. The van der Waals surface area contributed by atoms with Gasteiger partial charge in [0, 0.05) is 72.0 Å². The lowest BCUT2D eigenvalue weighted by Gasteiger charge is -2.46. The minimum Gasteiger partial charge on any atom is -0.477 e. The minimum atomic E-state index is -2.43. The summed E-state index contributed by atoms with van der Waals surface area (Å²) in [5.74, 6) is -10.6. The minimum absolute atomic E-state index is 0.0406. The molecule has 6 heterocycles. The van der Waals surface area contributed by atoms with Gasteiger partial charge in [0.2, 0.25) is 11.7 Å². The molecule has 0 radical (unpaired) electrons. The van der Waals surface area contributed by atoms with E-state index in [1.165, 1.54) is 21.6 Å². The molecule has 0 aromatic heterocycles. The van der Waals surface area contributed by atoms with E-state index in [0.29, 0.717) is 101 Å². The molecule has 0 aromatic carbocycles. The Labute approximate surface area is 503 Å². The quantitative estimate of drug-likeness (QED) is 0.0418. The first-order valence-electron chi connectivity index (χ1n) is 31.4. The molecule has 19 nitrogen and oxygen atoms in total. The highest BCUT2D eigenvalue weighted by Gasteiger charge is 2.61. The van der Waals surface area contributed by atoms with Crippen molar-refractivity contribution in [1.29, 1.82) is 0 Å². The number of β-lactam (4-membered cyclic amide) rings is 1. The van der Waals surface area contributed by atoms with E-state index in [2.05, 4.69) is 31.0 Å². The van der Waals surface area contributed by atoms with E-state index in [4.69, 9.17) is 14.2 Å². The van der Waals surface area contributed by atoms with Gasteiger partial charge in [-0.25, -0.2) is 9.59 Å². The zero-order chi connectivity index (χ0) is 62.0. The number of esters is 1. The molecule has 21 atom stereocenters. The van der Waals surface area contributed by atoms with Crippen molar-refractivity contribution in [3.8, 4) is 0 Å². The van der Waals surface area contributed by atoms with E-state index >= 15 is 4.79 Å². The van der Waals surface area contributed by atoms with Crippen LogP contribution in [0.25, 0.3) is 0 Å². The lowest BCUT2D eigenvalue weighted by Crippen LogP contribution is -2.63. The Morgan fingerprint density at radius 1 is 0.964 bits per heavy atom. The maximum atomic E-state index is 15.2. The number of rotatable bonds is 15. The summed E-state index contributed by atoms with van der Waals surface area (Å²) in [7, 11) is 3.38. The number of Topliss-reactive ketones (excluding diaryl/α,β-unsaturated/α-hetero) is 2. The topological polar surface area (TPSA) is 273 Å². The number of ketones is 2. The lowest BCUT2D eigenvalue weighted by atomic mass is 9.76. The van der Waals surface area contributed by atoms with Crippen LogP contribution in [-0.4, -0.2) is 192 Å². The number of hydrogen-bond acceptors (Lipinski definition) is 17. The van der Waals surface area contributed by atoms with Crippen molar-refractivity contribution in [1.82, 2.24) is 20.0 Å². The second-order valence-electron chi connectivity index (χ2n) is 27.4. The van der Waals surface area contributed by atoms with Crippen LogP contribution < -0.4 is 5.32 Å². The Kier molecular flexibility index (Phi) is 22.9. The standard InChI is InChI=1S/C64H102N4O15S/c1-33-24-34(2)26-43(19-21-63(10,11)67-32-44(30-46(67)47(70)20-22-65-12)84-57-40(8)53-52(41(9)69)59(75)68(53)54(57)61(77)78)50(73)31-49(72)39(7)56(37(5)28-42-17-18-48(71)51(29-42)81-13)82-62(79)45-16-14-15-23-66(45)60(76)58(74)64(80)38(6)27-36(4)55(83-64)35(3)25-33/h26,28,33,35-36,38-49,51-53,55-56,65,69-72,80H,14-25,27,29-32H2,1-13H3,(H,77,78)/b34-26+,37-28+/t33-,35-,36-,38+,39+,40+,41+,42-,43+,44-,45-,46-,47+,48+,49-,51+,52+,53+,55+,56+,64+/m0/s1. The van der Waals surface area contributed by atoms with Gasteiger partial charge in [0.15, 0.2) is 0 Å². The summed E-state index contributed by atoms with van der Waals surface area (Å²) in [6.45, 7) is 22.2. The second kappa shape index (κ2) is 28.3. The number of aliphatic hydroxyl groups is 5. The predicted molar refractivity (Wildman–Crippen MR) is 318 cm³/mol. The van der Waals surface area contributed by atoms with Crippen molar-refractivity contribution in [3.05, 3.63) is 33.9 Å². The number of nitrogens with zero attached hydrogens (tertiary/aromatic N) is 3. The van der Waals surface area contributed by atoms with Gasteiger partial charge in [-0.1, -0.05) is 59.3 Å². The summed E-state index contributed by atoms with van der Waals surface area (Å²) in [5.41, 5.74) is 0.918. The van der Waals surface area contributed by atoms with Crippen LogP contribution in [0.3, 0.4) is 0 Å². The number of carboxylic acid groups (broad SMARTS) is 1. The SMILES string of the molecule is CNCC[C@@H](O)[C@@H]1C[C@H](SC2=C(C(=O)O)N3C(=O)[C@H]([C@@H](C)O)[C@H]3[C@H]2C)CN1C(C)(C)CC[C@@H]1/C=C(\C)C[C@H](C)C[C@H](C)[C@H]2O[C@@](O)(C(=O)C(=O)N3CCCC[C@H]3C(=O)O[C@H](/C(C)=C/[C@@H]3CC[C@@H](O)[C@H](OC)C3)[C@H](C)[C@@H](O)CC1=O)[C@H](C)C[C@@H]2C. The molecule has 0 unspecified atom stereocenters. The van der Waals surface area contributed by atoms with Gasteiger partial charge in [0.25, 0.3) is 11.7 Å². The molecule has 7 N–H and O–H groups in total. The number of allylic oxidation sites excluding steroid dienone is 3. The van der Waals surface area contributed by atoms with Crippen molar-refractivity contribution in [3.63, 3.8) is 0 Å². The van der Waals surface area contributed by atoms with Crippen LogP contribution in [0.4, 0.5) is 0 Å². The Morgan fingerprint density at radius 3 is 2.31 bits per heavy atom. The fourth-order valence-electron chi connectivity index (χ4n) is 15.6. The van der Waals surface area contributed by atoms with Gasteiger partial charge in [-0.15, -0.1) is 11.8 Å². The van der Waals surface area contributed by atoms with Gasteiger partial charge in [0.1, 0.15) is 23.6 Å². The van der Waals surface area contributed by atoms with Gasteiger partial charge >= 0.3 is 11.9 Å². The molecule has 5 fully saturated rings. The Bertz CT molecular complexity index is 2480. The Morgan fingerprint density at radius 2 is 1.65 bits per heavy atom. The lowest BCUT2D eigenvalue weighted by molar-refractivity contribution is -0.282. The number of cyclic esters (lactones) is 1. The number of thioether (sulfide) groups is 1. The molecule has 2 bridgehead atoms. The molecule has 84 heavy (non-hydrogen) atoms. The van der Waals surface area contributed by atoms with Crippen molar-refractivity contribution in [2.75, 3.05) is 33.8 Å². The molecule has 6 aliphatic heterocycles. The number of aliphatic carboxylic acids is 1. The third-order valence-corrected chi connectivity index (χ3v) is 21.9. The van der Waals surface area contributed by atoms with Crippen LogP contribution in [0.15, 0.2) is 33.9 Å². The molecule has 0 aromatic rings. The van der Waals surface area contributed by atoms with Gasteiger partial charge in [0.05, 0.1) is 48.6 Å². The number of piperidine rings is 1. The van der Waals surface area contributed by atoms with Gasteiger partial charge in [-0.05, 0) is 161 Å². The number of carbonyl (C=O) groups is 6. The number of aliphatic hydroxyl groups excluding tert-OH is 4. The van der Waals surface area contributed by atoms with Crippen LogP contribution in [0.5, 0.6) is 0 Å². The number of ether oxygens (including phenoxy) is 3. The maximum absolute atomic E-state index is 15.2. The third kappa shape index (κ3) is 14.6. The number of nitrogens with one attached hydrogen (secondary N) is 1. The molecular formula is C64H102N4O15S. The highest BCUT2D eigenvalue weighted by Crippen LogP contribution is 2.53. The van der Waals surface area contributed by atoms with Crippen molar-refractivity contribution in [2.24, 2.45) is 53.3 Å². The highest BCUT2D eigenvalue weighted by molar-refractivity contribution is 8.03. The summed E-state index contributed by atoms with van der Waals surface area (Å²) in [4.78, 5) is 90.5. The van der Waals surface area contributed by atoms with Crippen LogP contribution in [0.1, 0.15) is 166 Å². The van der Waals surface area contributed by atoms with Crippen LogP contribution in [0.2, 0.25) is 0 Å². The first-order chi connectivity index (χ1) is 39.4. The molecule has 4 saturated heterocycles. The fraction of sp³-hybridized carbons (Fsp3) is 0.812. The number of carbonyl (C=O) groups excluding carboxylic acids is 5. The summed E-state index contributed by atoms with van der Waals surface area (Å²) in [6.07, 6.45) is 4.50. The van der Waals surface area contributed by atoms with E-state index in [0.717, 1.165) is 5.57 Å². The van der Waals surface area contributed by atoms with Gasteiger partial charge < -0.3 is 60.0 Å². The summed E-state index contributed by atoms with van der Waals surface area (Å²) in [5, 5.41) is 71.2. The number of amides is 2. The molecule has 20 heteroatoms. The van der Waals surface area contributed by atoms with Crippen LogP contribution in [0, 0.1) is 53.3 Å². The largest absolute Gasteiger partial charge is 0.477 e. The molecule has 7 aliphatic rings. The fourth-order valence-corrected chi connectivity index (χ4v) is 17.2. The van der Waals surface area contributed by atoms with Crippen molar-refractivity contribution >= 4 is 47.1 Å². The Balaban J connectivity index is 1.21. The second-order valence-corrected chi connectivity index (χ2v) is 28.8. The average Bonchev–Trinajstić information content (AvgIpc) is 3.88. The normalized spacial score (nSPS) is 39.9. The number of hydrogen-bond donors (Lipinski definition) is 7. The van der Waals surface area contributed by atoms with E-state index in [1.54, 1.807) is 27.9 Å². The molecule has 1 saturated carbocycles. The summed E-state index contributed by atoms with van der Waals surface area (Å²) in [6, 6.07) is -1.96. The average molecular weight is 1200 g/mol. The van der Waals surface area contributed by atoms with E-state index in [9.17, 15) is 54.6 Å². The number of methoxy groups -OCH3 is 1. The van der Waals surface area contributed by atoms with Crippen molar-refractivity contribution < 1.29 is 73.6 Å². The summed E-state index contributed by atoms with van der Waals surface area (Å²) >= 11 is 1.44. The molecule has 1 aliphatic carbocycles. The first kappa shape index (κ1) is 67.9. The van der Waals surface area contributed by atoms with Crippen LogP contribution in [-0.2, 0) is 43.0 Å². The third-order valence-electron chi connectivity index (χ3n) is 20.4. The number of likely N-dealkylation sites (tertiary alicyclic amines) is 1. The molecule has 2 amide bonds. The van der Waals surface area contributed by atoms with E-state index in [-0.39, 0.29) is 71.7 Å². The zero-order valence-electron chi connectivity index (χ0n) is 52.3. The van der Waals surface area contributed by atoms with Crippen molar-refractivity contribution in [2.45, 2.75) is 243 Å². The van der Waals surface area contributed by atoms with E-state index < -0.39 is 119 Å². The first-order valence-corrected chi connectivity index (χ1v) is 32.3. The number of carboxylic acids is 1. The summed E-state index contributed by atoms with van der Waals surface area (Å²) < 4.78 is 18.5.